The minimum atomic E-state index is -0.434. The Morgan fingerprint density at radius 3 is 2.73 bits per heavy atom. The van der Waals surface area contributed by atoms with Crippen LogP contribution in [0, 0.1) is 10.1 Å². The summed E-state index contributed by atoms with van der Waals surface area (Å²) < 4.78 is 1.94. The van der Waals surface area contributed by atoms with Crippen LogP contribution < -0.4 is 10.6 Å². The maximum Gasteiger partial charge on any atom is 0.292 e. The van der Waals surface area contributed by atoms with E-state index in [0.29, 0.717) is 31.7 Å². The van der Waals surface area contributed by atoms with Gasteiger partial charge in [-0.2, -0.15) is 0 Å². The molecule has 0 atom stereocenters. The zero-order valence-electron chi connectivity index (χ0n) is 14.1. The van der Waals surface area contributed by atoms with Crippen molar-refractivity contribution in [3.63, 3.8) is 0 Å². The summed E-state index contributed by atoms with van der Waals surface area (Å²) in [6, 6.07) is 14.2. The molecule has 0 spiro atoms. The molecule has 3 aromatic rings. The Balaban J connectivity index is 1.43. The van der Waals surface area contributed by atoms with Crippen LogP contribution in [-0.4, -0.2) is 33.5 Å². The summed E-state index contributed by atoms with van der Waals surface area (Å²) >= 11 is 0. The summed E-state index contributed by atoms with van der Waals surface area (Å²) in [5.74, 6) is -0.0767. The highest BCUT2D eigenvalue weighted by Crippen LogP contribution is 2.22. The van der Waals surface area contributed by atoms with Crippen LogP contribution in [0.3, 0.4) is 0 Å². The standard InChI is InChI=1S/C18H19N5O3/c24-18(9-12-22-13-21-14-5-1-3-7-16(14)22)20-11-10-19-15-6-2-4-8-17(15)23(25)26/h1-8,13,19H,9-12H2,(H,20,24). The molecular formula is C18H19N5O3. The number of hydrogen-bond acceptors (Lipinski definition) is 5. The fourth-order valence-electron chi connectivity index (χ4n) is 2.68. The summed E-state index contributed by atoms with van der Waals surface area (Å²) in [6.45, 7) is 1.34. The molecule has 0 bridgehead atoms. The van der Waals surface area contributed by atoms with E-state index in [-0.39, 0.29) is 11.6 Å². The first-order valence-corrected chi connectivity index (χ1v) is 8.29. The van der Waals surface area contributed by atoms with Gasteiger partial charge in [0.15, 0.2) is 0 Å². The minimum absolute atomic E-state index is 0.0193. The Kier molecular flexibility index (Phi) is 5.43. The van der Waals surface area contributed by atoms with E-state index in [0.717, 1.165) is 11.0 Å². The summed E-state index contributed by atoms with van der Waals surface area (Å²) in [5, 5.41) is 16.7. The molecule has 134 valence electrons. The van der Waals surface area contributed by atoms with E-state index in [9.17, 15) is 14.9 Å². The normalized spacial score (nSPS) is 10.6. The molecule has 0 aliphatic heterocycles. The van der Waals surface area contributed by atoms with Gasteiger partial charge in [0, 0.05) is 32.1 Å². The number of nitro benzene ring substituents is 1. The van der Waals surface area contributed by atoms with Crippen LogP contribution in [0.2, 0.25) is 0 Å². The lowest BCUT2D eigenvalue weighted by molar-refractivity contribution is -0.384. The van der Waals surface area contributed by atoms with E-state index < -0.39 is 4.92 Å². The summed E-state index contributed by atoms with van der Waals surface area (Å²) in [5.41, 5.74) is 2.36. The molecule has 8 nitrogen and oxygen atoms in total. The number of nitrogens with zero attached hydrogens (tertiary/aromatic N) is 3. The lowest BCUT2D eigenvalue weighted by Crippen LogP contribution is -2.29. The number of rotatable bonds is 8. The van der Waals surface area contributed by atoms with Gasteiger partial charge in [-0.25, -0.2) is 4.98 Å². The maximum atomic E-state index is 12.0. The predicted octanol–water partition coefficient (Wildman–Crippen LogP) is 2.56. The number of carbonyl (C=O) groups is 1. The number of nitrogens with one attached hydrogen (secondary N) is 2. The number of imidazole rings is 1. The van der Waals surface area contributed by atoms with E-state index in [2.05, 4.69) is 15.6 Å². The fraction of sp³-hybridized carbons (Fsp3) is 0.222. The first kappa shape index (κ1) is 17.4. The van der Waals surface area contributed by atoms with Crippen LogP contribution in [0.5, 0.6) is 0 Å². The molecule has 3 rings (SSSR count). The second-order valence-corrected chi connectivity index (χ2v) is 5.73. The summed E-state index contributed by atoms with van der Waals surface area (Å²) in [7, 11) is 0. The minimum Gasteiger partial charge on any atom is -0.378 e. The average Bonchev–Trinajstić information content (AvgIpc) is 3.07. The zero-order valence-corrected chi connectivity index (χ0v) is 14.1. The molecule has 26 heavy (non-hydrogen) atoms. The van der Waals surface area contributed by atoms with Crippen molar-refractivity contribution < 1.29 is 9.72 Å². The largest absolute Gasteiger partial charge is 0.378 e. The highest BCUT2D eigenvalue weighted by molar-refractivity contribution is 5.77. The van der Waals surface area contributed by atoms with Crippen LogP contribution in [0.15, 0.2) is 54.9 Å². The molecular weight excluding hydrogens is 334 g/mol. The highest BCUT2D eigenvalue weighted by atomic mass is 16.6. The Morgan fingerprint density at radius 2 is 1.88 bits per heavy atom. The number of fused-ring (bicyclic) bond motifs is 1. The van der Waals surface area contributed by atoms with Crippen molar-refractivity contribution in [2.24, 2.45) is 0 Å². The van der Waals surface area contributed by atoms with Crippen molar-refractivity contribution in [2.45, 2.75) is 13.0 Å². The molecule has 0 fully saturated rings. The molecule has 0 aliphatic rings. The molecule has 8 heteroatoms. The summed E-state index contributed by atoms with van der Waals surface area (Å²) in [4.78, 5) is 26.8. The molecule has 2 aromatic carbocycles. The van der Waals surface area contributed by atoms with Gasteiger partial charge in [0.25, 0.3) is 5.69 Å². The van der Waals surface area contributed by atoms with Crippen LogP contribution in [-0.2, 0) is 11.3 Å². The number of anilines is 1. The van der Waals surface area contributed by atoms with Crippen molar-refractivity contribution >= 4 is 28.3 Å². The predicted molar refractivity (Wildman–Crippen MR) is 98.9 cm³/mol. The molecule has 0 unspecified atom stereocenters. The lowest BCUT2D eigenvalue weighted by atomic mass is 10.2. The van der Waals surface area contributed by atoms with E-state index >= 15 is 0 Å². The Morgan fingerprint density at radius 1 is 1.12 bits per heavy atom. The van der Waals surface area contributed by atoms with Crippen LogP contribution in [0.4, 0.5) is 11.4 Å². The first-order valence-electron chi connectivity index (χ1n) is 8.29. The number of hydrogen-bond donors (Lipinski definition) is 2. The lowest BCUT2D eigenvalue weighted by Gasteiger charge is -2.09. The van der Waals surface area contributed by atoms with Crippen molar-refractivity contribution in [2.75, 3.05) is 18.4 Å². The Hall–Kier alpha value is -3.42. The molecule has 1 heterocycles. The number of para-hydroxylation sites is 4. The second kappa shape index (κ2) is 8.11. The van der Waals surface area contributed by atoms with Gasteiger partial charge in [0.2, 0.25) is 5.91 Å². The Bertz CT molecular complexity index is 922. The van der Waals surface area contributed by atoms with E-state index in [1.807, 2.05) is 28.8 Å². The van der Waals surface area contributed by atoms with Crippen molar-refractivity contribution in [3.05, 3.63) is 65.0 Å². The Labute approximate surface area is 150 Å². The van der Waals surface area contributed by atoms with Gasteiger partial charge in [0.05, 0.1) is 22.3 Å². The molecule has 1 aromatic heterocycles. The molecule has 0 radical (unpaired) electrons. The zero-order chi connectivity index (χ0) is 18.4. The molecule has 0 saturated carbocycles. The van der Waals surface area contributed by atoms with Crippen LogP contribution in [0.25, 0.3) is 11.0 Å². The number of benzene rings is 2. The monoisotopic (exact) mass is 353 g/mol. The van der Waals surface area contributed by atoms with Crippen molar-refractivity contribution in [3.8, 4) is 0 Å². The third-order valence-electron chi connectivity index (χ3n) is 3.97. The third kappa shape index (κ3) is 4.15. The van der Waals surface area contributed by atoms with Gasteiger partial charge in [0.1, 0.15) is 5.69 Å². The second-order valence-electron chi connectivity index (χ2n) is 5.73. The molecule has 0 aliphatic carbocycles. The van der Waals surface area contributed by atoms with Crippen molar-refractivity contribution in [1.82, 2.24) is 14.9 Å². The fourth-order valence-corrected chi connectivity index (χ4v) is 2.68. The smallest absolute Gasteiger partial charge is 0.292 e. The van der Waals surface area contributed by atoms with Gasteiger partial charge in [-0.1, -0.05) is 24.3 Å². The van der Waals surface area contributed by atoms with E-state index in [1.54, 1.807) is 24.5 Å². The molecule has 0 saturated heterocycles. The highest BCUT2D eigenvalue weighted by Gasteiger charge is 2.11. The molecule has 2 N–H and O–H groups in total. The van der Waals surface area contributed by atoms with Gasteiger partial charge in [-0.15, -0.1) is 0 Å². The van der Waals surface area contributed by atoms with Gasteiger partial charge in [-0.05, 0) is 18.2 Å². The van der Waals surface area contributed by atoms with E-state index in [4.69, 9.17) is 0 Å². The average molecular weight is 353 g/mol. The number of aromatic nitrogens is 2. The van der Waals surface area contributed by atoms with Gasteiger partial charge >= 0.3 is 0 Å². The number of carbonyl (C=O) groups excluding carboxylic acids is 1. The topological polar surface area (TPSA) is 102 Å². The number of aryl methyl sites for hydroxylation is 1. The first-order chi connectivity index (χ1) is 12.6. The van der Waals surface area contributed by atoms with Crippen LogP contribution in [0.1, 0.15) is 6.42 Å². The van der Waals surface area contributed by atoms with Crippen LogP contribution >= 0.6 is 0 Å². The number of amides is 1. The van der Waals surface area contributed by atoms with Gasteiger partial charge < -0.3 is 15.2 Å². The van der Waals surface area contributed by atoms with Gasteiger partial charge in [-0.3, -0.25) is 14.9 Å². The summed E-state index contributed by atoms with van der Waals surface area (Å²) in [6.07, 6.45) is 2.07. The molecule has 1 amide bonds. The maximum absolute atomic E-state index is 12.0. The SMILES string of the molecule is O=C(CCn1cnc2ccccc21)NCCNc1ccccc1[N+](=O)[O-]. The third-order valence-corrected chi connectivity index (χ3v) is 3.97. The van der Waals surface area contributed by atoms with E-state index in [1.165, 1.54) is 6.07 Å². The quantitative estimate of drug-likeness (QED) is 0.368. The number of nitro groups is 1. The van der Waals surface area contributed by atoms with Crippen molar-refractivity contribution in [1.29, 1.82) is 0 Å².